The molecular weight excluding hydrogens is 622 g/mol. The fraction of sp³-hybridized carbons (Fsp3) is 0.533. The van der Waals surface area contributed by atoms with Gasteiger partial charge in [0.15, 0.2) is 16.4 Å². The highest BCUT2D eigenvalue weighted by molar-refractivity contribution is 7.91. The Labute approximate surface area is 266 Å². The number of carboxylic acid groups (broad SMARTS) is 1. The highest BCUT2D eigenvalue weighted by atomic mass is 32.2. The Hall–Kier alpha value is -4.47. The van der Waals surface area contributed by atoms with Crippen molar-refractivity contribution in [1.82, 2.24) is 25.0 Å². The maximum atomic E-state index is 13.5. The van der Waals surface area contributed by atoms with E-state index in [9.17, 15) is 37.5 Å². The molecule has 2 atom stereocenters. The zero-order valence-electron chi connectivity index (χ0n) is 26.1. The Bertz CT molecular complexity index is 1610. The van der Waals surface area contributed by atoms with Crippen LogP contribution in [0.15, 0.2) is 24.3 Å². The molecule has 0 spiro atoms. The zero-order valence-corrected chi connectivity index (χ0v) is 26.9. The summed E-state index contributed by atoms with van der Waals surface area (Å²) < 4.78 is 34.7. The van der Waals surface area contributed by atoms with Crippen LogP contribution in [-0.2, 0) is 29.0 Å². The predicted molar refractivity (Wildman–Crippen MR) is 165 cm³/mol. The molecule has 250 valence electrons. The van der Waals surface area contributed by atoms with Crippen LogP contribution in [0.25, 0.3) is 10.9 Å². The summed E-state index contributed by atoms with van der Waals surface area (Å²) >= 11 is 0. The van der Waals surface area contributed by atoms with Crippen molar-refractivity contribution in [2.24, 2.45) is 0 Å². The summed E-state index contributed by atoms with van der Waals surface area (Å²) in [6.45, 7) is 4.52. The van der Waals surface area contributed by atoms with E-state index in [2.05, 4.69) is 10.3 Å². The van der Waals surface area contributed by atoms with Crippen LogP contribution in [0.4, 0.5) is 4.79 Å². The number of amides is 4. The van der Waals surface area contributed by atoms with Gasteiger partial charge < -0.3 is 34.6 Å². The van der Waals surface area contributed by atoms with Gasteiger partial charge in [-0.1, -0.05) is 6.07 Å². The number of hydrogen-bond acceptors (Lipinski definition) is 10. The van der Waals surface area contributed by atoms with E-state index in [-0.39, 0.29) is 70.2 Å². The van der Waals surface area contributed by atoms with E-state index in [1.165, 1.54) is 20.8 Å². The summed E-state index contributed by atoms with van der Waals surface area (Å²) in [5.41, 5.74) is 1.14. The maximum Gasteiger partial charge on any atom is 0.409 e. The van der Waals surface area contributed by atoms with Gasteiger partial charge in [-0.15, -0.1) is 0 Å². The Balaban J connectivity index is 1.50. The van der Waals surface area contributed by atoms with Crippen LogP contribution in [0.3, 0.4) is 0 Å². The normalized spacial score (nSPS) is 17.5. The number of nitrogens with one attached hydrogen (secondary N) is 1. The number of aliphatic carboxylic acids is 1. The molecule has 3 heterocycles. The molecule has 2 aromatic rings. The third-order valence-corrected chi connectivity index (χ3v) is 9.58. The minimum atomic E-state index is -3.29. The van der Waals surface area contributed by atoms with Crippen LogP contribution >= 0.6 is 0 Å². The number of carboxylic acids is 1. The third kappa shape index (κ3) is 8.62. The van der Waals surface area contributed by atoms with Crippen LogP contribution in [-0.4, -0.2) is 133 Å². The summed E-state index contributed by atoms with van der Waals surface area (Å²) in [6.07, 6.45) is 0.450. The minimum absolute atomic E-state index is 0.0780. The lowest BCUT2D eigenvalue weighted by Gasteiger charge is -2.35. The molecule has 0 radical (unpaired) electrons. The lowest BCUT2D eigenvalue weighted by molar-refractivity contribution is -0.138. The largest absolute Gasteiger partial charge is 0.483 e. The molecule has 4 rings (SSSR count). The first-order valence-corrected chi connectivity index (χ1v) is 17.0. The molecule has 16 heteroatoms. The second-order valence-electron chi connectivity index (χ2n) is 11.4. The third-order valence-electron chi connectivity index (χ3n) is 7.98. The fourth-order valence-electron chi connectivity index (χ4n) is 5.38. The number of sulfone groups is 1. The Morgan fingerprint density at radius 2 is 1.74 bits per heavy atom. The number of aromatic nitrogens is 1. The number of fused-ring (bicyclic) bond motifs is 1. The first kappa shape index (κ1) is 34.4. The van der Waals surface area contributed by atoms with Crippen LogP contribution in [0.1, 0.15) is 42.2 Å². The standard InChI is InChI=1S/C30H39N5O10S/c1-4-44-30(41)34-13-11-33(12-14-34)29(40)22(7-8-27(37)38)32-28(39)24-16-25(21-6-5-19(2)15-23(21)31-24)45-18-26(36)35-10-9-20(17-35)46(3,42)43/h5-6,15-16,20,22H,4,7-14,17-18H2,1-3H3,(H,32,39)(H,37,38)/t20?,22-/m0/s1. The van der Waals surface area contributed by atoms with Crippen LogP contribution < -0.4 is 10.1 Å². The zero-order chi connectivity index (χ0) is 33.6. The van der Waals surface area contributed by atoms with Gasteiger partial charge in [0.1, 0.15) is 17.5 Å². The van der Waals surface area contributed by atoms with Gasteiger partial charge in [0, 0.05) is 63.4 Å². The molecule has 46 heavy (non-hydrogen) atoms. The SMILES string of the molecule is CCOC(=O)N1CCN(C(=O)[C@H](CCC(=O)O)NC(=O)c2cc(OCC(=O)N3CCC(S(C)(=O)=O)C3)c3ccc(C)cc3n2)CC1. The lowest BCUT2D eigenvalue weighted by Crippen LogP contribution is -2.56. The number of benzene rings is 1. The maximum absolute atomic E-state index is 13.5. The number of carbonyl (C=O) groups excluding carboxylic acids is 4. The predicted octanol–water partition coefficient (Wildman–Crippen LogP) is 0.831. The van der Waals surface area contributed by atoms with Gasteiger partial charge in [-0.05, 0) is 44.4 Å². The molecule has 2 saturated heterocycles. The van der Waals surface area contributed by atoms with E-state index in [0.29, 0.717) is 17.3 Å². The van der Waals surface area contributed by atoms with E-state index in [4.69, 9.17) is 9.47 Å². The Morgan fingerprint density at radius 3 is 2.37 bits per heavy atom. The summed E-state index contributed by atoms with van der Waals surface area (Å²) in [5, 5.41) is 11.8. The van der Waals surface area contributed by atoms with Crippen molar-refractivity contribution >= 4 is 50.5 Å². The van der Waals surface area contributed by atoms with Crippen molar-refractivity contribution in [3.8, 4) is 5.75 Å². The molecule has 0 aliphatic carbocycles. The summed E-state index contributed by atoms with van der Waals surface area (Å²) in [4.78, 5) is 72.1. The minimum Gasteiger partial charge on any atom is -0.483 e. The average molecular weight is 662 g/mol. The van der Waals surface area contributed by atoms with Crippen molar-refractivity contribution in [3.63, 3.8) is 0 Å². The number of rotatable bonds is 11. The lowest BCUT2D eigenvalue weighted by atomic mass is 10.1. The Kier molecular flexibility index (Phi) is 11.0. The molecule has 0 saturated carbocycles. The fourth-order valence-corrected chi connectivity index (χ4v) is 6.36. The highest BCUT2D eigenvalue weighted by Gasteiger charge is 2.33. The van der Waals surface area contributed by atoms with Crippen LogP contribution in [0.2, 0.25) is 0 Å². The first-order valence-electron chi connectivity index (χ1n) is 15.0. The topological polar surface area (TPSA) is 193 Å². The molecule has 2 N–H and O–H groups in total. The van der Waals surface area contributed by atoms with E-state index in [1.54, 1.807) is 19.1 Å². The molecule has 15 nitrogen and oxygen atoms in total. The molecule has 4 amide bonds. The van der Waals surface area contributed by atoms with Crippen molar-refractivity contribution < 1.29 is 47.0 Å². The first-order chi connectivity index (χ1) is 21.8. The molecule has 1 aromatic carbocycles. The summed E-state index contributed by atoms with van der Waals surface area (Å²) in [7, 11) is -3.29. The van der Waals surface area contributed by atoms with Gasteiger partial charge in [0.2, 0.25) is 5.91 Å². The second-order valence-corrected chi connectivity index (χ2v) is 13.7. The molecule has 2 aliphatic heterocycles. The summed E-state index contributed by atoms with van der Waals surface area (Å²) in [5.74, 6) is -2.60. The molecule has 1 unspecified atom stereocenters. The number of aryl methyl sites for hydroxylation is 1. The molecule has 1 aromatic heterocycles. The van der Waals surface area contributed by atoms with Crippen molar-refractivity contribution in [1.29, 1.82) is 0 Å². The summed E-state index contributed by atoms with van der Waals surface area (Å²) in [6, 6.07) is 5.45. The van der Waals surface area contributed by atoms with E-state index in [1.807, 2.05) is 13.0 Å². The quantitative estimate of drug-likeness (QED) is 0.347. The second kappa shape index (κ2) is 14.7. The van der Waals surface area contributed by atoms with Gasteiger partial charge in [-0.2, -0.15) is 0 Å². The monoisotopic (exact) mass is 661 g/mol. The number of ether oxygens (including phenoxy) is 2. The van der Waals surface area contributed by atoms with Crippen LogP contribution in [0.5, 0.6) is 5.75 Å². The number of piperazine rings is 1. The van der Waals surface area contributed by atoms with Crippen molar-refractivity contribution in [3.05, 3.63) is 35.5 Å². The average Bonchev–Trinajstić information content (AvgIpc) is 3.53. The van der Waals surface area contributed by atoms with Gasteiger partial charge in [-0.3, -0.25) is 19.2 Å². The van der Waals surface area contributed by atoms with E-state index in [0.717, 1.165) is 11.8 Å². The Morgan fingerprint density at radius 1 is 1.04 bits per heavy atom. The van der Waals surface area contributed by atoms with Gasteiger partial charge in [0.05, 0.1) is 17.4 Å². The van der Waals surface area contributed by atoms with Crippen molar-refractivity contribution in [2.45, 2.75) is 44.4 Å². The van der Waals surface area contributed by atoms with E-state index >= 15 is 0 Å². The number of likely N-dealkylation sites (tertiary alicyclic amines) is 1. The molecule has 2 aliphatic rings. The number of pyridine rings is 1. The van der Waals surface area contributed by atoms with Crippen molar-refractivity contribution in [2.75, 3.05) is 58.7 Å². The number of nitrogens with zero attached hydrogens (tertiary/aromatic N) is 4. The van der Waals surface area contributed by atoms with Gasteiger partial charge in [0.25, 0.3) is 11.8 Å². The number of carbonyl (C=O) groups is 5. The van der Waals surface area contributed by atoms with Gasteiger partial charge in [-0.25, -0.2) is 18.2 Å². The van der Waals surface area contributed by atoms with Crippen LogP contribution in [0, 0.1) is 6.92 Å². The van der Waals surface area contributed by atoms with E-state index < -0.39 is 57.5 Å². The highest BCUT2D eigenvalue weighted by Crippen LogP contribution is 2.27. The molecule has 0 bridgehead atoms. The smallest absolute Gasteiger partial charge is 0.409 e. The molecule has 2 fully saturated rings. The molecular formula is C30H39N5O10S. The van der Waals surface area contributed by atoms with Gasteiger partial charge >= 0.3 is 12.1 Å². The number of hydrogen-bond donors (Lipinski definition) is 2.